The minimum absolute atomic E-state index is 0.234. The zero-order valence-electron chi connectivity index (χ0n) is 9.83. The highest BCUT2D eigenvalue weighted by molar-refractivity contribution is 9.09. The summed E-state index contributed by atoms with van der Waals surface area (Å²) in [5.41, 5.74) is 0.999. The van der Waals surface area contributed by atoms with E-state index in [1.807, 2.05) is 11.0 Å². The molecular weight excluding hydrogens is 337 g/mol. The average Bonchev–Trinajstić information content (AvgIpc) is 2.71. The Bertz CT molecular complexity index is 453. The fraction of sp³-hybridized carbons (Fsp3) is 0.462. The number of amides is 1. The number of carbonyl (C=O) groups is 1. The molecule has 1 atom stereocenters. The summed E-state index contributed by atoms with van der Waals surface area (Å²) in [6, 6.07) is 5.44. The first kappa shape index (κ1) is 14.2. The molecule has 0 aliphatic carbocycles. The third-order valence-electron chi connectivity index (χ3n) is 3.17. The van der Waals surface area contributed by atoms with Crippen molar-refractivity contribution in [1.29, 1.82) is 0 Å². The number of alkyl halides is 1. The van der Waals surface area contributed by atoms with Crippen LogP contribution in [0.3, 0.4) is 0 Å². The van der Waals surface area contributed by atoms with Crippen LogP contribution in [-0.4, -0.2) is 29.2 Å². The van der Waals surface area contributed by atoms with Crippen molar-refractivity contribution < 1.29 is 4.79 Å². The Hall–Kier alpha value is -0.250. The van der Waals surface area contributed by atoms with Gasteiger partial charge in [-0.05, 0) is 36.1 Å². The van der Waals surface area contributed by atoms with Crippen LogP contribution in [-0.2, 0) is 11.2 Å². The van der Waals surface area contributed by atoms with Crippen LogP contribution in [0, 0.1) is 5.92 Å². The Kier molecular flexibility index (Phi) is 4.93. The van der Waals surface area contributed by atoms with Crippen LogP contribution >= 0.6 is 39.1 Å². The van der Waals surface area contributed by atoms with Crippen molar-refractivity contribution in [3.05, 3.63) is 33.8 Å². The molecule has 1 unspecified atom stereocenters. The van der Waals surface area contributed by atoms with Gasteiger partial charge in [0.25, 0.3) is 0 Å². The molecule has 2 rings (SSSR count). The lowest BCUT2D eigenvalue weighted by atomic mass is 10.1. The van der Waals surface area contributed by atoms with E-state index < -0.39 is 0 Å². The minimum atomic E-state index is 0.234. The lowest BCUT2D eigenvalue weighted by Gasteiger charge is -2.16. The van der Waals surface area contributed by atoms with Crippen LogP contribution in [0.25, 0.3) is 0 Å². The topological polar surface area (TPSA) is 20.3 Å². The van der Waals surface area contributed by atoms with E-state index in [0.29, 0.717) is 28.9 Å². The molecule has 2 nitrogen and oxygen atoms in total. The summed E-state index contributed by atoms with van der Waals surface area (Å²) in [6.45, 7) is 1.55. The molecule has 1 amide bonds. The van der Waals surface area contributed by atoms with Crippen molar-refractivity contribution >= 4 is 45.0 Å². The van der Waals surface area contributed by atoms with E-state index >= 15 is 0 Å². The first-order valence-corrected chi connectivity index (χ1v) is 7.75. The Morgan fingerprint density at radius 2 is 2.17 bits per heavy atom. The third-order valence-corrected chi connectivity index (χ3v) is 4.69. The van der Waals surface area contributed by atoms with Crippen LogP contribution in [0.2, 0.25) is 10.0 Å². The molecule has 18 heavy (non-hydrogen) atoms. The molecule has 1 aromatic carbocycles. The Labute approximate surface area is 125 Å². The fourth-order valence-corrected chi connectivity index (χ4v) is 3.00. The molecule has 0 radical (unpaired) electrons. The summed E-state index contributed by atoms with van der Waals surface area (Å²) in [5.74, 6) is 0.671. The predicted molar refractivity (Wildman–Crippen MR) is 78.6 cm³/mol. The second kappa shape index (κ2) is 6.27. The molecule has 0 N–H and O–H groups in total. The van der Waals surface area contributed by atoms with Gasteiger partial charge in [0.1, 0.15) is 0 Å². The highest BCUT2D eigenvalue weighted by Gasteiger charge is 2.28. The molecule has 5 heteroatoms. The lowest BCUT2D eigenvalue weighted by molar-refractivity contribution is -0.127. The lowest BCUT2D eigenvalue weighted by Crippen LogP contribution is -2.27. The average molecular weight is 351 g/mol. The molecule has 1 aliphatic rings. The number of rotatable bonds is 4. The van der Waals surface area contributed by atoms with Gasteiger partial charge >= 0.3 is 0 Å². The number of hydrogen-bond acceptors (Lipinski definition) is 1. The Morgan fingerprint density at radius 3 is 2.83 bits per heavy atom. The van der Waals surface area contributed by atoms with Crippen LogP contribution in [0.15, 0.2) is 18.2 Å². The number of nitrogens with zero attached hydrogens (tertiary/aromatic N) is 1. The van der Waals surface area contributed by atoms with Crippen molar-refractivity contribution in [2.75, 3.05) is 18.4 Å². The molecule has 0 saturated carbocycles. The number of halogens is 3. The van der Waals surface area contributed by atoms with E-state index in [1.165, 1.54) is 0 Å². The van der Waals surface area contributed by atoms with Gasteiger partial charge in [0.15, 0.2) is 0 Å². The van der Waals surface area contributed by atoms with Gasteiger partial charge in [-0.2, -0.15) is 0 Å². The van der Waals surface area contributed by atoms with Crippen molar-refractivity contribution in [3.63, 3.8) is 0 Å². The summed E-state index contributed by atoms with van der Waals surface area (Å²) >= 11 is 15.5. The van der Waals surface area contributed by atoms with Gasteiger partial charge in [-0.25, -0.2) is 0 Å². The first-order valence-electron chi connectivity index (χ1n) is 5.88. The van der Waals surface area contributed by atoms with Crippen LogP contribution in [0.1, 0.15) is 12.0 Å². The largest absolute Gasteiger partial charge is 0.342 e. The number of carbonyl (C=O) groups excluding carboxylic acids is 1. The van der Waals surface area contributed by atoms with E-state index in [2.05, 4.69) is 15.9 Å². The molecular formula is C13H14BrCl2NO. The molecule has 1 aliphatic heterocycles. The maximum atomic E-state index is 11.8. The highest BCUT2D eigenvalue weighted by atomic mass is 79.9. The van der Waals surface area contributed by atoms with Gasteiger partial charge in [-0.1, -0.05) is 39.1 Å². The quantitative estimate of drug-likeness (QED) is 0.757. The number of hydrogen-bond donors (Lipinski definition) is 0. The molecule has 0 bridgehead atoms. The zero-order chi connectivity index (χ0) is 13.1. The van der Waals surface area contributed by atoms with E-state index in [9.17, 15) is 4.79 Å². The van der Waals surface area contributed by atoms with Crippen molar-refractivity contribution in [2.24, 2.45) is 5.92 Å². The second-order valence-electron chi connectivity index (χ2n) is 4.55. The molecule has 0 aromatic heterocycles. The number of benzene rings is 1. The van der Waals surface area contributed by atoms with Gasteiger partial charge < -0.3 is 4.90 Å². The third kappa shape index (κ3) is 3.40. The zero-order valence-corrected chi connectivity index (χ0v) is 12.9. The van der Waals surface area contributed by atoms with Crippen molar-refractivity contribution in [1.82, 2.24) is 4.90 Å². The van der Waals surface area contributed by atoms with Crippen LogP contribution in [0.5, 0.6) is 0 Å². The predicted octanol–water partition coefficient (Wildman–Crippen LogP) is 3.78. The SMILES string of the molecule is O=C1CC(CBr)CN1CCc1cc(Cl)ccc1Cl. The maximum absolute atomic E-state index is 11.8. The van der Waals surface area contributed by atoms with Crippen LogP contribution in [0.4, 0.5) is 0 Å². The van der Waals surface area contributed by atoms with Gasteiger partial charge in [0.2, 0.25) is 5.91 Å². The summed E-state index contributed by atoms with van der Waals surface area (Å²) in [4.78, 5) is 13.7. The minimum Gasteiger partial charge on any atom is -0.342 e. The van der Waals surface area contributed by atoms with E-state index in [1.54, 1.807) is 12.1 Å². The smallest absolute Gasteiger partial charge is 0.222 e. The van der Waals surface area contributed by atoms with Crippen molar-refractivity contribution in [2.45, 2.75) is 12.8 Å². The highest BCUT2D eigenvalue weighted by Crippen LogP contribution is 2.23. The van der Waals surface area contributed by atoms with Gasteiger partial charge in [-0.15, -0.1) is 0 Å². The molecule has 1 fully saturated rings. The summed E-state index contributed by atoms with van der Waals surface area (Å²) in [5, 5.41) is 2.27. The van der Waals surface area contributed by atoms with Gasteiger partial charge in [-0.3, -0.25) is 4.79 Å². The maximum Gasteiger partial charge on any atom is 0.222 e. The Balaban J connectivity index is 1.95. The normalized spacial score (nSPS) is 19.6. The van der Waals surface area contributed by atoms with Crippen LogP contribution < -0.4 is 0 Å². The van der Waals surface area contributed by atoms with E-state index in [-0.39, 0.29) is 5.91 Å². The molecule has 1 heterocycles. The molecule has 98 valence electrons. The number of likely N-dealkylation sites (tertiary alicyclic amines) is 1. The second-order valence-corrected chi connectivity index (χ2v) is 6.04. The van der Waals surface area contributed by atoms with Crippen molar-refractivity contribution in [3.8, 4) is 0 Å². The Morgan fingerprint density at radius 1 is 1.39 bits per heavy atom. The summed E-state index contributed by atoms with van der Waals surface area (Å²) in [6.07, 6.45) is 1.40. The first-order chi connectivity index (χ1) is 8.60. The standard InChI is InChI=1S/C13H14BrCl2NO/c14-7-9-5-13(18)17(8-9)4-3-10-6-11(15)1-2-12(10)16/h1-2,6,9H,3-5,7-8H2. The monoisotopic (exact) mass is 349 g/mol. The van der Waals surface area contributed by atoms with E-state index in [0.717, 1.165) is 23.9 Å². The molecule has 1 aromatic rings. The molecule has 0 spiro atoms. The van der Waals surface area contributed by atoms with Gasteiger partial charge in [0.05, 0.1) is 0 Å². The summed E-state index contributed by atoms with van der Waals surface area (Å²) in [7, 11) is 0. The fourth-order valence-electron chi connectivity index (χ4n) is 2.16. The van der Waals surface area contributed by atoms with E-state index in [4.69, 9.17) is 23.2 Å². The van der Waals surface area contributed by atoms with Gasteiger partial charge in [0, 0.05) is 34.9 Å². The molecule has 1 saturated heterocycles. The summed E-state index contributed by atoms with van der Waals surface area (Å²) < 4.78 is 0.